The fourth-order valence-electron chi connectivity index (χ4n) is 2.02. The summed E-state index contributed by atoms with van der Waals surface area (Å²) in [5.41, 5.74) is 9.40. The molecule has 1 aromatic heterocycles. The SMILES string of the molecule is CC1OCc2[nH]c(-c3cc(Cl)ccc3N)nc21. The van der Waals surface area contributed by atoms with E-state index in [4.69, 9.17) is 22.1 Å². The zero-order valence-electron chi connectivity index (χ0n) is 9.33. The number of halogens is 1. The summed E-state index contributed by atoms with van der Waals surface area (Å²) >= 11 is 5.97. The lowest BCUT2D eigenvalue weighted by molar-refractivity contribution is 0.0762. The Balaban J connectivity index is 2.10. The van der Waals surface area contributed by atoms with Crippen molar-refractivity contribution < 1.29 is 4.74 Å². The molecule has 1 aromatic carbocycles. The summed E-state index contributed by atoms with van der Waals surface area (Å²) < 4.78 is 5.46. The molecule has 0 amide bonds. The van der Waals surface area contributed by atoms with Gasteiger partial charge in [-0.1, -0.05) is 11.6 Å². The number of nitrogens with one attached hydrogen (secondary N) is 1. The van der Waals surface area contributed by atoms with Gasteiger partial charge in [0.05, 0.1) is 24.1 Å². The van der Waals surface area contributed by atoms with Crippen molar-refractivity contribution in [2.45, 2.75) is 19.6 Å². The van der Waals surface area contributed by atoms with E-state index in [2.05, 4.69) is 9.97 Å². The summed E-state index contributed by atoms with van der Waals surface area (Å²) in [4.78, 5) is 7.76. The van der Waals surface area contributed by atoms with Crippen molar-refractivity contribution in [2.24, 2.45) is 0 Å². The van der Waals surface area contributed by atoms with Crippen molar-refractivity contribution in [3.05, 3.63) is 34.6 Å². The number of hydrogen-bond donors (Lipinski definition) is 2. The Morgan fingerprint density at radius 2 is 2.35 bits per heavy atom. The number of nitrogens with two attached hydrogens (primary N) is 1. The average Bonchev–Trinajstić information content (AvgIpc) is 2.85. The molecule has 5 heteroatoms. The number of nitrogens with zero attached hydrogens (tertiary/aromatic N) is 1. The molecule has 0 spiro atoms. The molecule has 0 radical (unpaired) electrons. The quantitative estimate of drug-likeness (QED) is 0.764. The Labute approximate surface area is 104 Å². The van der Waals surface area contributed by atoms with E-state index in [0.29, 0.717) is 17.3 Å². The second-order valence-corrected chi connectivity index (χ2v) is 4.57. The maximum absolute atomic E-state index is 5.97. The number of hydrogen-bond acceptors (Lipinski definition) is 3. The zero-order valence-corrected chi connectivity index (χ0v) is 10.1. The maximum atomic E-state index is 5.97. The van der Waals surface area contributed by atoms with Crippen LogP contribution in [0.25, 0.3) is 11.4 Å². The van der Waals surface area contributed by atoms with Gasteiger partial charge in [-0.2, -0.15) is 0 Å². The second kappa shape index (κ2) is 3.75. The van der Waals surface area contributed by atoms with Crippen LogP contribution in [-0.4, -0.2) is 9.97 Å². The third-order valence-corrected chi connectivity index (χ3v) is 3.18. The van der Waals surface area contributed by atoms with E-state index < -0.39 is 0 Å². The molecule has 1 atom stereocenters. The van der Waals surface area contributed by atoms with Gasteiger partial charge in [0, 0.05) is 16.3 Å². The van der Waals surface area contributed by atoms with Crippen LogP contribution in [0.1, 0.15) is 24.4 Å². The molecule has 1 aliphatic heterocycles. The van der Waals surface area contributed by atoms with E-state index in [1.54, 1.807) is 12.1 Å². The fraction of sp³-hybridized carbons (Fsp3) is 0.250. The predicted molar refractivity (Wildman–Crippen MR) is 66.7 cm³/mol. The molecule has 0 aliphatic carbocycles. The van der Waals surface area contributed by atoms with Crippen LogP contribution in [0.2, 0.25) is 5.02 Å². The number of aromatic nitrogens is 2. The van der Waals surface area contributed by atoms with Crippen LogP contribution in [0.15, 0.2) is 18.2 Å². The third kappa shape index (κ3) is 1.69. The van der Waals surface area contributed by atoms with Gasteiger partial charge in [0.15, 0.2) is 0 Å². The standard InChI is InChI=1S/C12H12ClN3O/c1-6-11-10(5-17-6)15-12(16-11)8-4-7(13)2-3-9(8)14/h2-4,6H,5,14H2,1H3,(H,15,16). The van der Waals surface area contributed by atoms with Gasteiger partial charge in [-0.05, 0) is 25.1 Å². The monoisotopic (exact) mass is 249 g/mol. The van der Waals surface area contributed by atoms with Crippen molar-refractivity contribution >= 4 is 17.3 Å². The summed E-state index contributed by atoms with van der Waals surface area (Å²) in [6, 6.07) is 5.37. The van der Waals surface area contributed by atoms with Crippen LogP contribution in [0.3, 0.4) is 0 Å². The summed E-state index contributed by atoms with van der Waals surface area (Å²) in [7, 11) is 0. The lowest BCUT2D eigenvalue weighted by Crippen LogP contribution is -1.94. The summed E-state index contributed by atoms with van der Waals surface area (Å²) in [6.07, 6.45) is 0.0374. The van der Waals surface area contributed by atoms with Crippen LogP contribution in [-0.2, 0) is 11.3 Å². The third-order valence-electron chi connectivity index (χ3n) is 2.94. The molecule has 88 valence electrons. The van der Waals surface area contributed by atoms with E-state index in [1.165, 1.54) is 0 Å². The minimum Gasteiger partial charge on any atom is -0.398 e. The van der Waals surface area contributed by atoms with Crippen LogP contribution < -0.4 is 5.73 Å². The normalized spacial score (nSPS) is 18.4. The molecule has 0 fully saturated rings. The van der Waals surface area contributed by atoms with Crippen molar-refractivity contribution in [3.63, 3.8) is 0 Å². The number of aromatic amines is 1. The van der Waals surface area contributed by atoms with Crippen LogP contribution in [0.5, 0.6) is 0 Å². The van der Waals surface area contributed by atoms with Gasteiger partial charge >= 0.3 is 0 Å². The van der Waals surface area contributed by atoms with E-state index in [1.807, 2.05) is 13.0 Å². The Bertz CT molecular complexity index is 579. The number of benzene rings is 1. The van der Waals surface area contributed by atoms with E-state index >= 15 is 0 Å². The molecule has 2 heterocycles. The van der Waals surface area contributed by atoms with Gasteiger partial charge in [-0.25, -0.2) is 4.98 Å². The average molecular weight is 250 g/mol. The highest BCUT2D eigenvalue weighted by atomic mass is 35.5. The van der Waals surface area contributed by atoms with Gasteiger partial charge in [-0.3, -0.25) is 0 Å². The van der Waals surface area contributed by atoms with Gasteiger partial charge in [-0.15, -0.1) is 0 Å². The molecular weight excluding hydrogens is 238 g/mol. The molecule has 0 saturated heterocycles. The number of nitrogen functional groups attached to an aromatic ring is 1. The highest BCUT2D eigenvalue weighted by Crippen LogP contribution is 2.33. The van der Waals surface area contributed by atoms with Gasteiger partial charge in [0.25, 0.3) is 0 Å². The van der Waals surface area contributed by atoms with Gasteiger partial charge in [0.1, 0.15) is 5.82 Å². The second-order valence-electron chi connectivity index (χ2n) is 4.13. The minimum atomic E-state index is 0.0374. The van der Waals surface area contributed by atoms with Gasteiger partial charge in [0.2, 0.25) is 0 Å². The predicted octanol–water partition coefficient (Wildman–Crippen LogP) is 2.90. The molecule has 3 rings (SSSR count). The fourth-order valence-corrected chi connectivity index (χ4v) is 2.19. The summed E-state index contributed by atoms with van der Waals surface area (Å²) in [5, 5.41) is 0.648. The largest absolute Gasteiger partial charge is 0.398 e. The van der Waals surface area contributed by atoms with Crippen molar-refractivity contribution in [1.29, 1.82) is 0 Å². The number of anilines is 1. The van der Waals surface area contributed by atoms with Crippen LogP contribution in [0, 0.1) is 0 Å². The number of ether oxygens (including phenoxy) is 1. The van der Waals surface area contributed by atoms with Crippen LogP contribution >= 0.6 is 11.6 Å². The smallest absolute Gasteiger partial charge is 0.140 e. The Hall–Kier alpha value is -1.52. The Morgan fingerprint density at radius 3 is 3.12 bits per heavy atom. The molecule has 1 aliphatic rings. The van der Waals surface area contributed by atoms with Crippen LogP contribution in [0.4, 0.5) is 5.69 Å². The minimum absolute atomic E-state index is 0.0374. The molecule has 0 bridgehead atoms. The van der Waals surface area contributed by atoms with Crippen molar-refractivity contribution in [2.75, 3.05) is 5.73 Å². The molecule has 17 heavy (non-hydrogen) atoms. The number of fused-ring (bicyclic) bond motifs is 1. The number of rotatable bonds is 1. The Kier molecular flexibility index (Phi) is 2.34. The van der Waals surface area contributed by atoms with Crippen molar-refractivity contribution in [3.8, 4) is 11.4 Å². The van der Waals surface area contributed by atoms with E-state index in [-0.39, 0.29) is 6.10 Å². The van der Waals surface area contributed by atoms with Crippen molar-refractivity contribution in [1.82, 2.24) is 9.97 Å². The Morgan fingerprint density at radius 1 is 1.53 bits per heavy atom. The summed E-state index contributed by atoms with van der Waals surface area (Å²) in [6.45, 7) is 2.56. The molecule has 4 nitrogen and oxygen atoms in total. The highest BCUT2D eigenvalue weighted by Gasteiger charge is 2.24. The zero-order chi connectivity index (χ0) is 12.0. The first-order valence-electron chi connectivity index (χ1n) is 5.41. The van der Waals surface area contributed by atoms with E-state index in [9.17, 15) is 0 Å². The lowest BCUT2D eigenvalue weighted by Gasteiger charge is -2.04. The molecule has 2 aromatic rings. The topological polar surface area (TPSA) is 63.9 Å². The lowest BCUT2D eigenvalue weighted by atomic mass is 10.2. The molecule has 3 N–H and O–H groups in total. The molecular formula is C12H12ClN3O. The van der Waals surface area contributed by atoms with Gasteiger partial charge < -0.3 is 15.5 Å². The molecule has 1 unspecified atom stereocenters. The number of H-pyrrole nitrogens is 1. The first-order chi connectivity index (χ1) is 8.15. The number of imidazole rings is 1. The first kappa shape index (κ1) is 10.6. The first-order valence-corrected chi connectivity index (χ1v) is 5.78. The van der Waals surface area contributed by atoms with E-state index in [0.717, 1.165) is 22.8 Å². The maximum Gasteiger partial charge on any atom is 0.140 e. The summed E-state index contributed by atoms with van der Waals surface area (Å²) in [5.74, 6) is 0.755. The highest BCUT2D eigenvalue weighted by molar-refractivity contribution is 6.31. The molecule has 0 saturated carbocycles.